The maximum Gasteiger partial charge on any atom is 0.333 e. The van der Waals surface area contributed by atoms with Gasteiger partial charge in [-0.05, 0) is 12.8 Å². The second-order valence-corrected chi connectivity index (χ2v) is 3.83. The highest BCUT2D eigenvalue weighted by Crippen LogP contribution is 2.06. The molecule has 0 N–H and O–H groups in total. The summed E-state index contributed by atoms with van der Waals surface area (Å²) in [5.41, 5.74) is 0.488. The SMILES string of the molecule is C=CC(=O)OCCOCCOC(=O)C(=C)CCCC. The summed E-state index contributed by atoms with van der Waals surface area (Å²) >= 11 is 0. The first-order valence-electron chi connectivity index (χ1n) is 6.33. The molecule has 0 aliphatic heterocycles. The molecule has 0 aromatic rings. The maximum atomic E-state index is 11.4. The first-order valence-corrected chi connectivity index (χ1v) is 6.33. The van der Waals surface area contributed by atoms with Crippen molar-refractivity contribution in [3.63, 3.8) is 0 Å². The van der Waals surface area contributed by atoms with Gasteiger partial charge in [0.2, 0.25) is 0 Å². The third-order valence-electron chi connectivity index (χ3n) is 2.22. The minimum atomic E-state index is -0.484. The molecule has 5 heteroatoms. The van der Waals surface area contributed by atoms with Crippen LogP contribution in [0.3, 0.4) is 0 Å². The molecule has 19 heavy (non-hydrogen) atoms. The average Bonchev–Trinajstić information content (AvgIpc) is 2.42. The van der Waals surface area contributed by atoms with Crippen LogP contribution in [0.5, 0.6) is 0 Å². The highest BCUT2D eigenvalue weighted by molar-refractivity contribution is 5.87. The van der Waals surface area contributed by atoms with Crippen LogP contribution in [0, 0.1) is 0 Å². The van der Waals surface area contributed by atoms with Crippen molar-refractivity contribution in [2.75, 3.05) is 26.4 Å². The molecule has 0 amide bonds. The van der Waals surface area contributed by atoms with E-state index in [-0.39, 0.29) is 32.4 Å². The van der Waals surface area contributed by atoms with Crippen molar-refractivity contribution in [3.8, 4) is 0 Å². The molecule has 0 fully saturated rings. The van der Waals surface area contributed by atoms with Gasteiger partial charge in [0.05, 0.1) is 13.2 Å². The summed E-state index contributed by atoms with van der Waals surface area (Å²) in [6.07, 6.45) is 3.69. The van der Waals surface area contributed by atoms with Gasteiger partial charge in [-0.3, -0.25) is 0 Å². The molecule has 5 nitrogen and oxygen atoms in total. The van der Waals surface area contributed by atoms with Crippen molar-refractivity contribution in [2.24, 2.45) is 0 Å². The predicted molar refractivity (Wildman–Crippen MR) is 71.6 cm³/mol. The number of esters is 2. The molecule has 0 aromatic carbocycles. The lowest BCUT2D eigenvalue weighted by Crippen LogP contribution is -2.14. The van der Waals surface area contributed by atoms with E-state index in [1.807, 2.05) is 6.92 Å². The maximum absolute atomic E-state index is 11.4. The van der Waals surface area contributed by atoms with E-state index in [2.05, 4.69) is 13.2 Å². The van der Waals surface area contributed by atoms with Crippen molar-refractivity contribution in [3.05, 3.63) is 24.8 Å². The normalized spacial score (nSPS) is 9.74. The van der Waals surface area contributed by atoms with Crippen LogP contribution in [0.15, 0.2) is 24.8 Å². The van der Waals surface area contributed by atoms with E-state index in [1.165, 1.54) is 0 Å². The summed E-state index contributed by atoms with van der Waals surface area (Å²) < 4.78 is 14.8. The zero-order chi connectivity index (χ0) is 14.5. The molecule has 0 saturated heterocycles. The number of rotatable bonds is 11. The molecule has 0 rings (SSSR count). The van der Waals surface area contributed by atoms with E-state index in [4.69, 9.17) is 14.2 Å². The van der Waals surface area contributed by atoms with Crippen LogP contribution in [-0.2, 0) is 23.8 Å². The van der Waals surface area contributed by atoms with Crippen molar-refractivity contribution in [1.29, 1.82) is 0 Å². The van der Waals surface area contributed by atoms with Gasteiger partial charge in [-0.1, -0.05) is 26.5 Å². The van der Waals surface area contributed by atoms with Gasteiger partial charge in [0.15, 0.2) is 0 Å². The first kappa shape index (κ1) is 17.4. The Morgan fingerprint density at radius 2 is 1.74 bits per heavy atom. The molecule has 0 aromatic heterocycles. The lowest BCUT2D eigenvalue weighted by Gasteiger charge is -2.07. The van der Waals surface area contributed by atoms with Crippen molar-refractivity contribution in [2.45, 2.75) is 26.2 Å². The van der Waals surface area contributed by atoms with E-state index < -0.39 is 5.97 Å². The standard InChI is InChI=1S/C14H22O5/c1-4-6-7-12(3)14(16)19-11-9-17-8-10-18-13(15)5-2/h5H,2-4,6-11H2,1H3. The summed E-state index contributed by atoms with van der Waals surface area (Å²) in [7, 11) is 0. The Hall–Kier alpha value is -1.62. The van der Waals surface area contributed by atoms with Gasteiger partial charge >= 0.3 is 11.9 Å². The topological polar surface area (TPSA) is 61.8 Å². The lowest BCUT2D eigenvalue weighted by atomic mass is 10.1. The summed E-state index contributed by atoms with van der Waals surface area (Å²) in [5, 5.41) is 0. The molecular weight excluding hydrogens is 248 g/mol. The molecule has 0 unspecified atom stereocenters. The molecule has 0 aliphatic rings. The molecule has 0 saturated carbocycles. The smallest absolute Gasteiger partial charge is 0.333 e. The largest absolute Gasteiger partial charge is 0.460 e. The van der Waals surface area contributed by atoms with Gasteiger partial charge in [-0.25, -0.2) is 9.59 Å². The van der Waals surface area contributed by atoms with Crippen LogP contribution >= 0.6 is 0 Å². The molecular formula is C14H22O5. The monoisotopic (exact) mass is 270 g/mol. The average molecular weight is 270 g/mol. The number of carbonyl (C=O) groups is 2. The molecule has 108 valence electrons. The predicted octanol–water partition coefficient (Wildman–Crippen LogP) is 2.02. The third-order valence-corrected chi connectivity index (χ3v) is 2.22. The van der Waals surface area contributed by atoms with Crippen molar-refractivity contribution < 1.29 is 23.8 Å². The van der Waals surface area contributed by atoms with Crippen LogP contribution in [0.25, 0.3) is 0 Å². The van der Waals surface area contributed by atoms with E-state index >= 15 is 0 Å². The summed E-state index contributed by atoms with van der Waals surface area (Å²) in [5.74, 6) is -0.864. The van der Waals surface area contributed by atoms with Crippen LogP contribution in [0.2, 0.25) is 0 Å². The third kappa shape index (κ3) is 10.0. The Morgan fingerprint density at radius 3 is 2.32 bits per heavy atom. The van der Waals surface area contributed by atoms with E-state index in [0.717, 1.165) is 18.9 Å². The molecule has 0 radical (unpaired) electrons. The van der Waals surface area contributed by atoms with Gasteiger partial charge in [-0.2, -0.15) is 0 Å². The van der Waals surface area contributed by atoms with Crippen LogP contribution in [0.1, 0.15) is 26.2 Å². The van der Waals surface area contributed by atoms with E-state index in [9.17, 15) is 9.59 Å². The summed E-state index contributed by atoms with van der Waals surface area (Å²) in [4.78, 5) is 22.1. The lowest BCUT2D eigenvalue weighted by molar-refractivity contribution is -0.141. The molecule has 0 aliphatic carbocycles. The fraction of sp³-hybridized carbons (Fsp3) is 0.571. The summed E-state index contributed by atoms with van der Waals surface area (Å²) in [6, 6.07) is 0. The van der Waals surface area contributed by atoms with Crippen LogP contribution in [-0.4, -0.2) is 38.4 Å². The first-order chi connectivity index (χ1) is 9.11. The Morgan fingerprint density at radius 1 is 1.11 bits per heavy atom. The van der Waals surface area contributed by atoms with E-state index in [1.54, 1.807) is 0 Å². The number of hydrogen-bond acceptors (Lipinski definition) is 5. The van der Waals surface area contributed by atoms with Gasteiger partial charge in [-0.15, -0.1) is 0 Å². The van der Waals surface area contributed by atoms with Crippen molar-refractivity contribution >= 4 is 11.9 Å². The second-order valence-electron chi connectivity index (χ2n) is 3.83. The molecule has 0 atom stereocenters. The second kappa shape index (κ2) is 11.5. The van der Waals surface area contributed by atoms with Crippen molar-refractivity contribution in [1.82, 2.24) is 0 Å². The number of carbonyl (C=O) groups excluding carboxylic acids is 2. The molecule has 0 bridgehead atoms. The minimum absolute atomic E-state index is 0.155. The van der Waals surface area contributed by atoms with E-state index in [0.29, 0.717) is 12.0 Å². The number of ether oxygens (including phenoxy) is 3. The summed E-state index contributed by atoms with van der Waals surface area (Å²) in [6.45, 7) is 9.82. The highest BCUT2D eigenvalue weighted by atomic mass is 16.6. The zero-order valence-corrected chi connectivity index (χ0v) is 11.5. The fourth-order valence-corrected chi connectivity index (χ4v) is 1.15. The number of hydrogen-bond donors (Lipinski definition) is 0. The minimum Gasteiger partial charge on any atom is -0.460 e. The highest BCUT2D eigenvalue weighted by Gasteiger charge is 2.07. The Bertz CT molecular complexity index is 309. The Kier molecular flexibility index (Phi) is 10.5. The van der Waals surface area contributed by atoms with Gasteiger partial charge in [0.1, 0.15) is 13.2 Å². The fourth-order valence-electron chi connectivity index (χ4n) is 1.15. The molecule has 0 heterocycles. The van der Waals surface area contributed by atoms with Gasteiger partial charge in [0, 0.05) is 11.6 Å². The van der Waals surface area contributed by atoms with Gasteiger partial charge in [0.25, 0.3) is 0 Å². The zero-order valence-electron chi connectivity index (χ0n) is 11.5. The van der Waals surface area contributed by atoms with Crippen LogP contribution in [0.4, 0.5) is 0 Å². The molecule has 0 spiro atoms. The Labute approximate surface area is 114 Å². The Balaban J connectivity index is 3.43. The van der Waals surface area contributed by atoms with Gasteiger partial charge < -0.3 is 14.2 Å². The quantitative estimate of drug-likeness (QED) is 0.326. The number of unbranched alkanes of at least 4 members (excludes halogenated alkanes) is 1. The van der Waals surface area contributed by atoms with Crippen LogP contribution < -0.4 is 0 Å².